The smallest absolute Gasteiger partial charge is 0.252 e. The van der Waals surface area contributed by atoms with Gasteiger partial charge in [0.1, 0.15) is 0 Å². The Hall–Kier alpha value is -7.34. The van der Waals surface area contributed by atoms with Crippen LogP contribution in [-0.4, -0.2) is 12.3 Å². The van der Waals surface area contributed by atoms with Crippen LogP contribution in [0, 0.1) is 0 Å². The van der Waals surface area contributed by atoms with Crippen molar-refractivity contribution < 1.29 is 0 Å². The van der Waals surface area contributed by atoms with Gasteiger partial charge in [-0.25, -0.2) is 0 Å². The van der Waals surface area contributed by atoms with Crippen LogP contribution in [0.5, 0.6) is 0 Å². The van der Waals surface area contributed by atoms with E-state index in [0.717, 1.165) is 23.5 Å². The Morgan fingerprint density at radius 2 is 1.08 bits per heavy atom. The first-order chi connectivity index (χ1) is 37.8. The molecule has 0 N–H and O–H groups in total. The van der Waals surface area contributed by atoms with Gasteiger partial charge in [-0.3, -0.25) is 0 Å². The molecule has 5 heteroatoms. The van der Waals surface area contributed by atoms with E-state index in [1.807, 2.05) is 11.3 Å². The molecule has 3 nitrogen and oxygen atoms in total. The molecule has 10 aromatic rings. The van der Waals surface area contributed by atoms with Gasteiger partial charge in [-0.2, -0.15) is 0 Å². The molecule has 1 fully saturated rings. The van der Waals surface area contributed by atoms with Crippen molar-refractivity contribution in [1.29, 1.82) is 0 Å². The number of thiophene rings is 1. The largest absolute Gasteiger partial charge is 0.335 e. The Morgan fingerprint density at radius 1 is 0.468 bits per heavy atom. The number of rotatable bonds is 6. The van der Waals surface area contributed by atoms with Gasteiger partial charge in [-0.1, -0.05) is 203 Å². The molecule has 2 atom stereocenters. The predicted molar refractivity (Wildman–Crippen MR) is 343 cm³/mol. The van der Waals surface area contributed by atoms with Crippen LogP contribution in [0.2, 0.25) is 0 Å². The van der Waals surface area contributed by atoms with Crippen LogP contribution in [0.25, 0.3) is 42.4 Å². The summed E-state index contributed by atoms with van der Waals surface area (Å²) in [5, 5.41) is 2.65. The van der Waals surface area contributed by atoms with E-state index in [9.17, 15) is 0 Å². The number of benzene rings is 9. The molecule has 79 heavy (non-hydrogen) atoms. The van der Waals surface area contributed by atoms with E-state index in [-0.39, 0.29) is 33.9 Å². The lowest BCUT2D eigenvalue weighted by atomic mass is 9.33. The maximum atomic E-state index is 2.89. The van der Waals surface area contributed by atoms with E-state index in [0.29, 0.717) is 0 Å². The number of hydrogen-bond donors (Lipinski definition) is 0. The van der Waals surface area contributed by atoms with Gasteiger partial charge in [0, 0.05) is 71.0 Å². The minimum atomic E-state index is -0.116. The second kappa shape index (κ2) is 17.6. The molecule has 2 unspecified atom stereocenters. The van der Waals surface area contributed by atoms with Crippen molar-refractivity contribution in [3.05, 3.63) is 210 Å². The summed E-state index contributed by atoms with van der Waals surface area (Å²) in [5.74, 6) is 0. The summed E-state index contributed by atoms with van der Waals surface area (Å²) in [5.41, 5.74) is 24.3. The van der Waals surface area contributed by atoms with Crippen molar-refractivity contribution in [2.75, 3.05) is 14.7 Å². The lowest BCUT2D eigenvalue weighted by Crippen LogP contribution is -2.64. The van der Waals surface area contributed by atoms with E-state index >= 15 is 0 Å². The summed E-state index contributed by atoms with van der Waals surface area (Å²) in [7, 11) is 0. The van der Waals surface area contributed by atoms with Gasteiger partial charge in [0.2, 0.25) is 0 Å². The van der Waals surface area contributed by atoms with E-state index < -0.39 is 0 Å². The summed E-state index contributed by atoms with van der Waals surface area (Å²) >= 11 is 1.93. The molecule has 0 bridgehead atoms. The molecular formula is C74H72BN3S. The topological polar surface area (TPSA) is 9.72 Å². The monoisotopic (exact) mass is 1050 g/mol. The number of fused-ring (bicyclic) bond motifs is 10. The zero-order chi connectivity index (χ0) is 54.5. The summed E-state index contributed by atoms with van der Waals surface area (Å²) in [6, 6.07) is 73.2. The molecule has 1 saturated carbocycles. The predicted octanol–water partition coefficient (Wildman–Crippen LogP) is 19.1. The molecule has 4 aliphatic rings. The maximum Gasteiger partial charge on any atom is 0.252 e. The van der Waals surface area contributed by atoms with Gasteiger partial charge in [0.05, 0.1) is 11.2 Å². The molecule has 0 spiro atoms. The third-order valence-corrected chi connectivity index (χ3v) is 20.3. The van der Waals surface area contributed by atoms with Crippen LogP contribution in [0.3, 0.4) is 0 Å². The quantitative estimate of drug-likeness (QED) is 0.154. The minimum absolute atomic E-state index is 0.00219. The molecule has 9 aromatic carbocycles. The third-order valence-electron chi connectivity index (χ3n) is 19.1. The third kappa shape index (κ3) is 7.58. The first kappa shape index (κ1) is 49.9. The molecular weight excluding hydrogens is 974 g/mol. The minimum Gasteiger partial charge on any atom is -0.335 e. The van der Waals surface area contributed by atoms with Crippen molar-refractivity contribution in [2.45, 2.75) is 129 Å². The molecule has 3 aliphatic heterocycles. The number of anilines is 8. The average molecular weight is 1050 g/mol. The second-order valence-electron chi connectivity index (χ2n) is 26.9. The zero-order valence-corrected chi connectivity index (χ0v) is 48.9. The number of para-hydroxylation sites is 1. The van der Waals surface area contributed by atoms with Crippen LogP contribution in [0.4, 0.5) is 45.5 Å². The Labute approximate surface area is 473 Å². The van der Waals surface area contributed by atoms with Crippen molar-refractivity contribution >= 4 is 100 Å². The SMILES string of the molecule is CC(C)(C)c1ccc(N(c2ccc(C(C)(C)C)cc2)c2ccc3c(c2)N(c2ccc(C(C)(C)C)cc2-c2ccccc2)c2cc(-c4cccc5c4sc4ccccc45)cc4c2B3c2cccc3c2N4C2(C)CCCCC32C)cc1. The Kier molecular flexibility index (Phi) is 11.1. The molecule has 0 radical (unpaired) electrons. The van der Waals surface area contributed by atoms with Crippen LogP contribution in [0.1, 0.15) is 124 Å². The van der Waals surface area contributed by atoms with E-state index in [4.69, 9.17) is 0 Å². The molecule has 0 amide bonds. The lowest BCUT2D eigenvalue weighted by Gasteiger charge is -2.53. The highest BCUT2D eigenvalue weighted by Crippen LogP contribution is 2.62. The van der Waals surface area contributed by atoms with Gasteiger partial charge in [0.15, 0.2) is 0 Å². The van der Waals surface area contributed by atoms with Crippen molar-refractivity contribution in [1.82, 2.24) is 0 Å². The summed E-state index contributed by atoms with van der Waals surface area (Å²) < 4.78 is 2.67. The van der Waals surface area contributed by atoms with Crippen molar-refractivity contribution in [3.63, 3.8) is 0 Å². The average Bonchev–Trinajstić information content (AvgIpc) is 2.35. The molecule has 4 heterocycles. The number of nitrogens with zero attached hydrogens (tertiary/aromatic N) is 3. The van der Waals surface area contributed by atoms with Gasteiger partial charge in [-0.15, -0.1) is 11.3 Å². The molecule has 1 aliphatic carbocycles. The highest BCUT2D eigenvalue weighted by molar-refractivity contribution is 7.26. The van der Waals surface area contributed by atoms with Crippen LogP contribution >= 0.6 is 11.3 Å². The fourth-order valence-corrected chi connectivity index (χ4v) is 15.7. The van der Waals surface area contributed by atoms with E-state index in [1.54, 1.807) is 0 Å². The standard InChI is InChI=1S/C74H72BN3S/c1-70(2,3)49-29-34-52(35-30-49)76(53-36-31-50(32-37-53)71(4,5)6)54-38-39-60-63(46-54)77(62-40-33-51(72(7,8)9)45-58(62)47-21-13-12-14-22-47)64-43-48(55-24-19-25-57-56-23-15-16-28-66(56)79-69(55)57)44-65-67(64)75(60)61-27-20-26-59-68(61)78(65)74(11)42-18-17-41-73(59,74)10/h12-16,19-40,43-46H,17-18,41-42H2,1-11H3. The number of hydrogen-bond acceptors (Lipinski definition) is 4. The molecule has 392 valence electrons. The Morgan fingerprint density at radius 3 is 1.77 bits per heavy atom. The van der Waals surface area contributed by atoms with Crippen LogP contribution in [0.15, 0.2) is 188 Å². The lowest BCUT2D eigenvalue weighted by molar-refractivity contribution is 0.195. The van der Waals surface area contributed by atoms with Gasteiger partial charge < -0.3 is 14.7 Å². The van der Waals surface area contributed by atoms with Crippen molar-refractivity contribution in [2.24, 2.45) is 0 Å². The Balaban J connectivity index is 1.10. The first-order valence-electron chi connectivity index (χ1n) is 29.0. The highest BCUT2D eigenvalue weighted by atomic mass is 32.1. The molecule has 1 aromatic heterocycles. The zero-order valence-electron chi connectivity index (χ0n) is 48.1. The van der Waals surface area contributed by atoms with Crippen LogP contribution < -0.4 is 31.1 Å². The summed E-state index contributed by atoms with van der Waals surface area (Å²) in [4.78, 5) is 8.09. The van der Waals surface area contributed by atoms with Crippen LogP contribution in [-0.2, 0) is 21.7 Å². The molecule has 0 saturated heterocycles. The first-order valence-corrected chi connectivity index (χ1v) is 29.8. The second-order valence-corrected chi connectivity index (χ2v) is 27.9. The fraction of sp³-hybridized carbons (Fsp3) is 0.270. The maximum absolute atomic E-state index is 2.89. The van der Waals surface area contributed by atoms with E-state index in [2.05, 4.69) is 279 Å². The van der Waals surface area contributed by atoms with Gasteiger partial charge >= 0.3 is 0 Å². The van der Waals surface area contributed by atoms with E-state index in [1.165, 1.54) is 129 Å². The van der Waals surface area contributed by atoms with Crippen molar-refractivity contribution in [3.8, 4) is 22.3 Å². The van der Waals surface area contributed by atoms with Gasteiger partial charge in [0.25, 0.3) is 6.71 Å². The van der Waals surface area contributed by atoms with Gasteiger partial charge in [-0.05, 0) is 158 Å². The highest BCUT2D eigenvalue weighted by Gasteiger charge is 2.61. The Bertz CT molecular complexity index is 4020. The fourth-order valence-electron chi connectivity index (χ4n) is 14.5. The summed E-state index contributed by atoms with van der Waals surface area (Å²) in [6.45, 7) is 26.1. The summed E-state index contributed by atoms with van der Waals surface area (Å²) in [6.07, 6.45) is 4.80. The molecule has 14 rings (SSSR count). The normalized spacial score (nSPS) is 18.4.